The van der Waals surface area contributed by atoms with Crippen LogP contribution in [0.4, 0.5) is 0 Å². The molecule has 0 amide bonds. The van der Waals surface area contributed by atoms with Gasteiger partial charge in [-0.1, -0.05) is 129 Å². The van der Waals surface area contributed by atoms with Crippen LogP contribution in [0.25, 0.3) is 0 Å². The first-order valence-electron chi connectivity index (χ1n) is 6.83. The van der Waals surface area contributed by atoms with E-state index >= 15 is 0 Å². The molecule has 1 fully saturated rings. The summed E-state index contributed by atoms with van der Waals surface area (Å²) in [6.07, 6.45) is 14.3. The van der Waals surface area contributed by atoms with Gasteiger partial charge in [-0.25, -0.2) is 0 Å². The van der Waals surface area contributed by atoms with Gasteiger partial charge in [0.25, 0.3) is 0 Å². The molecule has 0 aliphatic heterocycles. The molecule has 0 heteroatoms. The lowest BCUT2D eigenvalue weighted by Gasteiger charge is -2.05. The van der Waals surface area contributed by atoms with Crippen molar-refractivity contribution in [1.82, 2.24) is 0 Å². The fourth-order valence-electron chi connectivity index (χ4n) is 1.41. The molecule has 0 N–H and O–H groups in total. The Morgan fingerprint density at radius 3 is 0.684 bits per heavy atom. The predicted octanol–water partition coefficient (Wildman–Crippen LogP) is 9.13. The standard InChI is InChI=1S/C6H12.C5H12.C3H8.5CH4/c1-2-4-6-5-3-1;1-3-5-4-2;1-3-2;;;;;/h1-6H2;3-5H2,1-2H3;3H2,1-2H3;5*1H4. The highest BCUT2D eigenvalue weighted by atomic mass is 14.0. The maximum Gasteiger partial charge on any atom is -0.0533 e. The molecule has 1 aliphatic rings. The fraction of sp³-hybridized carbons (Fsp3) is 1.00. The van der Waals surface area contributed by atoms with Crippen molar-refractivity contribution >= 4 is 0 Å². The lowest BCUT2D eigenvalue weighted by molar-refractivity contribution is 0.504. The van der Waals surface area contributed by atoms with Crippen LogP contribution >= 0.6 is 0 Å². The number of unbranched alkanes of at least 4 members (excludes halogenated alkanes) is 2. The molecule has 0 nitrogen and oxygen atoms in total. The lowest BCUT2D eigenvalue weighted by atomic mass is 10.0. The molecule has 19 heavy (non-hydrogen) atoms. The SMILES string of the molecule is C.C.C.C.C.C1CCCCC1.CCC.CCCCC. The molecular weight excluding hydrogens is 228 g/mol. The van der Waals surface area contributed by atoms with E-state index in [9.17, 15) is 0 Å². The molecule has 128 valence electrons. The normalized spacial score (nSPS) is 10.7. The van der Waals surface area contributed by atoms with E-state index in [2.05, 4.69) is 27.7 Å². The molecule has 0 spiro atoms. The topological polar surface area (TPSA) is 0 Å². The van der Waals surface area contributed by atoms with Crippen LogP contribution in [-0.2, 0) is 0 Å². The van der Waals surface area contributed by atoms with E-state index in [0.29, 0.717) is 0 Å². The van der Waals surface area contributed by atoms with Crippen molar-refractivity contribution in [3.05, 3.63) is 0 Å². The number of hydrogen-bond acceptors (Lipinski definition) is 0. The van der Waals surface area contributed by atoms with Crippen molar-refractivity contribution in [1.29, 1.82) is 0 Å². The van der Waals surface area contributed by atoms with Gasteiger partial charge in [-0.3, -0.25) is 0 Å². The Labute approximate surface area is 129 Å². The molecule has 0 aromatic carbocycles. The van der Waals surface area contributed by atoms with E-state index < -0.39 is 0 Å². The van der Waals surface area contributed by atoms with Crippen molar-refractivity contribution < 1.29 is 0 Å². The summed E-state index contributed by atoms with van der Waals surface area (Å²) in [6.45, 7) is 8.67. The van der Waals surface area contributed by atoms with Crippen LogP contribution in [0.3, 0.4) is 0 Å². The Bertz CT molecular complexity index is 48.9. The first-order chi connectivity index (χ1) is 6.83. The Morgan fingerprint density at radius 2 is 0.632 bits per heavy atom. The van der Waals surface area contributed by atoms with E-state index in [1.54, 1.807) is 0 Å². The smallest absolute Gasteiger partial charge is 0.0533 e. The maximum atomic E-state index is 2.21. The minimum atomic E-state index is 0. The van der Waals surface area contributed by atoms with Crippen LogP contribution in [0.5, 0.6) is 0 Å². The lowest BCUT2D eigenvalue weighted by Crippen LogP contribution is -1.85. The fourth-order valence-corrected chi connectivity index (χ4v) is 1.41. The van der Waals surface area contributed by atoms with Gasteiger partial charge in [-0.05, 0) is 0 Å². The molecule has 0 atom stereocenters. The number of rotatable bonds is 2. The highest BCUT2D eigenvalue weighted by Crippen LogP contribution is 2.15. The van der Waals surface area contributed by atoms with E-state index in [4.69, 9.17) is 0 Å². The van der Waals surface area contributed by atoms with Crippen LogP contribution < -0.4 is 0 Å². The quantitative estimate of drug-likeness (QED) is 0.473. The third kappa shape index (κ3) is 72.0. The summed E-state index contributed by atoms with van der Waals surface area (Å²) in [7, 11) is 0. The van der Waals surface area contributed by atoms with Gasteiger partial charge in [-0.2, -0.15) is 0 Å². The Balaban J connectivity index is -0.0000000209. The van der Waals surface area contributed by atoms with Gasteiger partial charge in [-0.15, -0.1) is 0 Å². The van der Waals surface area contributed by atoms with E-state index in [1.807, 2.05) is 0 Å². The summed E-state index contributed by atoms with van der Waals surface area (Å²) < 4.78 is 0. The zero-order valence-electron chi connectivity index (χ0n) is 11.1. The summed E-state index contributed by atoms with van der Waals surface area (Å²) in [5.74, 6) is 0. The monoisotopic (exact) mass is 280 g/mol. The molecule has 0 aromatic heterocycles. The second kappa shape index (κ2) is 52.0. The van der Waals surface area contributed by atoms with E-state index in [0.717, 1.165) is 0 Å². The molecule has 0 bridgehead atoms. The summed E-state index contributed by atoms with van der Waals surface area (Å²) in [5, 5.41) is 0. The molecule has 1 aliphatic carbocycles. The van der Waals surface area contributed by atoms with Crippen molar-refractivity contribution in [2.24, 2.45) is 0 Å². The largest absolute Gasteiger partial charge is 0.0776 e. The van der Waals surface area contributed by atoms with E-state index in [1.165, 1.54) is 64.2 Å². The van der Waals surface area contributed by atoms with Crippen molar-refractivity contribution in [3.8, 4) is 0 Å². The molecule has 0 heterocycles. The van der Waals surface area contributed by atoms with Gasteiger partial charge in [0.2, 0.25) is 0 Å². The molecule has 0 unspecified atom stereocenters. The first kappa shape index (κ1) is 42.8. The highest BCUT2D eigenvalue weighted by Gasteiger charge is 1.95. The van der Waals surface area contributed by atoms with Crippen LogP contribution in [0, 0.1) is 0 Å². The second-order valence-corrected chi connectivity index (χ2v) is 4.18. The Kier molecular flexibility index (Phi) is 117. The van der Waals surface area contributed by atoms with E-state index in [-0.39, 0.29) is 37.1 Å². The Morgan fingerprint density at radius 1 is 0.474 bits per heavy atom. The second-order valence-electron chi connectivity index (χ2n) is 4.18. The first-order valence-corrected chi connectivity index (χ1v) is 6.83. The van der Waals surface area contributed by atoms with Crippen LogP contribution in [-0.4, -0.2) is 0 Å². The summed E-state index contributed by atoms with van der Waals surface area (Å²) in [4.78, 5) is 0. The minimum absolute atomic E-state index is 0. The molecule has 0 saturated heterocycles. The summed E-state index contributed by atoms with van der Waals surface area (Å²) in [6, 6.07) is 0. The van der Waals surface area contributed by atoms with Gasteiger partial charge in [0, 0.05) is 0 Å². The van der Waals surface area contributed by atoms with Gasteiger partial charge in [0.15, 0.2) is 0 Å². The third-order valence-corrected chi connectivity index (χ3v) is 2.21. The van der Waals surface area contributed by atoms with Crippen molar-refractivity contribution in [3.63, 3.8) is 0 Å². The molecule has 1 rings (SSSR count). The van der Waals surface area contributed by atoms with Gasteiger partial charge < -0.3 is 0 Å². The van der Waals surface area contributed by atoms with Gasteiger partial charge in [0.1, 0.15) is 0 Å². The average Bonchev–Trinajstić information content (AvgIpc) is 2.24. The Hall–Kier alpha value is 0. The highest BCUT2D eigenvalue weighted by molar-refractivity contribution is 4.51. The van der Waals surface area contributed by atoms with Gasteiger partial charge in [0.05, 0.1) is 0 Å². The van der Waals surface area contributed by atoms with Crippen LogP contribution in [0.15, 0.2) is 0 Å². The number of hydrogen-bond donors (Lipinski definition) is 0. The zero-order valence-corrected chi connectivity index (χ0v) is 11.1. The minimum Gasteiger partial charge on any atom is -0.0776 e. The van der Waals surface area contributed by atoms with Gasteiger partial charge >= 0.3 is 0 Å². The third-order valence-electron chi connectivity index (χ3n) is 2.21. The predicted molar refractivity (Wildman–Crippen MR) is 103 cm³/mol. The molecular formula is C19H52. The maximum absolute atomic E-state index is 2.21. The molecule has 0 aromatic rings. The molecule has 0 radical (unpaired) electrons. The van der Waals surface area contributed by atoms with Crippen molar-refractivity contribution in [2.45, 2.75) is 129 Å². The van der Waals surface area contributed by atoms with Crippen LogP contribution in [0.1, 0.15) is 129 Å². The van der Waals surface area contributed by atoms with Crippen LogP contribution in [0.2, 0.25) is 0 Å². The zero-order chi connectivity index (χ0) is 11.1. The summed E-state index contributed by atoms with van der Waals surface area (Å²) >= 11 is 0. The summed E-state index contributed by atoms with van der Waals surface area (Å²) in [5.41, 5.74) is 0. The van der Waals surface area contributed by atoms with Crippen molar-refractivity contribution in [2.75, 3.05) is 0 Å². The average molecular weight is 281 g/mol. The molecule has 1 saturated carbocycles.